The van der Waals surface area contributed by atoms with E-state index in [0.29, 0.717) is 18.7 Å². The highest BCUT2D eigenvalue weighted by Gasteiger charge is 2.14. The average Bonchev–Trinajstić information content (AvgIpc) is 2.50. The van der Waals surface area contributed by atoms with E-state index in [-0.39, 0.29) is 17.2 Å². The summed E-state index contributed by atoms with van der Waals surface area (Å²) in [5.74, 6) is -0.231. The fourth-order valence-corrected chi connectivity index (χ4v) is 1.80. The first-order valence-corrected chi connectivity index (χ1v) is 6.57. The number of anilines is 1. The van der Waals surface area contributed by atoms with Crippen molar-refractivity contribution in [2.24, 2.45) is 0 Å². The highest BCUT2D eigenvalue weighted by Crippen LogP contribution is 2.25. The Morgan fingerprint density at radius 3 is 2.81 bits per heavy atom. The molecule has 0 spiro atoms. The predicted octanol–water partition coefficient (Wildman–Crippen LogP) is 2.61. The van der Waals surface area contributed by atoms with Gasteiger partial charge in [0.1, 0.15) is 5.69 Å². The van der Waals surface area contributed by atoms with Crippen LogP contribution in [-0.4, -0.2) is 24.5 Å². The van der Waals surface area contributed by atoms with E-state index in [9.17, 15) is 14.9 Å². The van der Waals surface area contributed by atoms with Crippen molar-refractivity contribution >= 4 is 17.3 Å². The average molecular weight is 291 g/mol. The highest BCUT2D eigenvalue weighted by molar-refractivity contribution is 5.69. The molecule has 1 aromatic rings. The molecule has 0 aromatic heterocycles. The molecule has 1 aromatic carbocycles. The molecule has 0 fully saturated rings. The summed E-state index contributed by atoms with van der Waals surface area (Å²) in [5, 5.41) is 22.7. The number of carbonyl (C=O) groups excluding carboxylic acids is 1. The Bertz CT molecular complexity index is 552. The third kappa shape index (κ3) is 5.48. The first kappa shape index (κ1) is 16.4. The molecule has 7 nitrogen and oxygen atoms in total. The van der Waals surface area contributed by atoms with Gasteiger partial charge < -0.3 is 10.1 Å². The molecule has 7 heteroatoms. The summed E-state index contributed by atoms with van der Waals surface area (Å²) in [6.45, 7) is 0.563. The van der Waals surface area contributed by atoms with Gasteiger partial charge in [-0.2, -0.15) is 5.26 Å². The number of methoxy groups -OCH3 is 1. The lowest BCUT2D eigenvalue weighted by atomic mass is 10.1. The second-order valence-electron chi connectivity index (χ2n) is 4.41. The van der Waals surface area contributed by atoms with Gasteiger partial charge in [-0.25, -0.2) is 0 Å². The molecule has 0 atom stereocenters. The number of hydrogen-bond acceptors (Lipinski definition) is 6. The molecule has 0 saturated heterocycles. The Kier molecular flexibility index (Phi) is 6.68. The summed E-state index contributed by atoms with van der Waals surface area (Å²) >= 11 is 0. The monoisotopic (exact) mass is 291 g/mol. The lowest BCUT2D eigenvalue weighted by molar-refractivity contribution is -0.384. The number of nitro groups is 1. The van der Waals surface area contributed by atoms with Crippen LogP contribution in [0.4, 0.5) is 11.4 Å². The lowest BCUT2D eigenvalue weighted by Crippen LogP contribution is -2.05. The van der Waals surface area contributed by atoms with Crippen LogP contribution in [0.5, 0.6) is 0 Å². The molecule has 0 bridgehead atoms. The van der Waals surface area contributed by atoms with Gasteiger partial charge in [-0.1, -0.05) is 6.42 Å². The number of nitrogens with one attached hydrogen (secondary N) is 1. The summed E-state index contributed by atoms with van der Waals surface area (Å²) in [5.41, 5.74) is 0.543. The van der Waals surface area contributed by atoms with Gasteiger partial charge in [-0.3, -0.25) is 14.9 Å². The molecule has 0 aliphatic carbocycles. The zero-order valence-corrected chi connectivity index (χ0v) is 11.8. The van der Waals surface area contributed by atoms with Gasteiger partial charge in [0.25, 0.3) is 5.69 Å². The second-order valence-corrected chi connectivity index (χ2v) is 4.41. The highest BCUT2D eigenvalue weighted by atomic mass is 16.6. The Hall–Kier alpha value is -2.62. The molecule has 0 radical (unpaired) electrons. The molecule has 21 heavy (non-hydrogen) atoms. The fourth-order valence-electron chi connectivity index (χ4n) is 1.80. The second kappa shape index (κ2) is 8.53. The minimum Gasteiger partial charge on any atom is -0.469 e. The van der Waals surface area contributed by atoms with Crippen molar-refractivity contribution in [2.75, 3.05) is 19.0 Å². The third-order valence-corrected chi connectivity index (χ3v) is 2.92. The Labute approximate surface area is 122 Å². The van der Waals surface area contributed by atoms with Crippen molar-refractivity contribution in [3.05, 3.63) is 33.9 Å². The zero-order chi connectivity index (χ0) is 15.7. The molecule has 0 heterocycles. The van der Waals surface area contributed by atoms with E-state index in [0.717, 1.165) is 19.3 Å². The van der Waals surface area contributed by atoms with E-state index >= 15 is 0 Å². The van der Waals surface area contributed by atoms with Crippen LogP contribution >= 0.6 is 0 Å². The van der Waals surface area contributed by atoms with Gasteiger partial charge >= 0.3 is 5.97 Å². The molecular formula is C14H17N3O4. The maximum atomic E-state index is 10.9. The smallest absolute Gasteiger partial charge is 0.305 e. The number of nitrogens with zero attached hydrogens (tertiary/aromatic N) is 2. The van der Waals surface area contributed by atoms with Gasteiger partial charge in [-0.15, -0.1) is 0 Å². The molecule has 0 aliphatic rings. The van der Waals surface area contributed by atoms with Crippen LogP contribution in [-0.2, 0) is 9.53 Å². The molecular weight excluding hydrogens is 274 g/mol. The van der Waals surface area contributed by atoms with Crippen molar-refractivity contribution in [2.45, 2.75) is 25.7 Å². The minimum atomic E-state index is -0.513. The van der Waals surface area contributed by atoms with E-state index in [1.54, 1.807) is 0 Å². The third-order valence-electron chi connectivity index (χ3n) is 2.92. The van der Waals surface area contributed by atoms with Crippen molar-refractivity contribution in [3.63, 3.8) is 0 Å². The van der Waals surface area contributed by atoms with Crippen LogP contribution in [0.2, 0.25) is 0 Å². The molecule has 112 valence electrons. The molecule has 0 saturated carbocycles. The first-order valence-electron chi connectivity index (χ1n) is 6.57. The number of ether oxygens (including phenoxy) is 1. The SMILES string of the molecule is COC(=O)CCCCCNc1ccc(C#N)cc1[N+](=O)[O-]. The minimum absolute atomic E-state index is 0.108. The van der Waals surface area contributed by atoms with Gasteiger partial charge in [0.15, 0.2) is 0 Å². The fraction of sp³-hybridized carbons (Fsp3) is 0.429. The summed E-state index contributed by atoms with van der Waals surface area (Å²) in [6, 6.07) is 6.19. The zero-order valence-electron chi connectivity index (χ0n) is 11.8. The quantitative estimate of drug-likeness (QED) is 0.341. The Morgan fingerprint density at radius 1 is 1.43 bits per heavy atom. The molecule has 1 rings (SSSR count). The first-order chi connectivity index (χ1) is 10.1. The Balaban J connectivity index is 2.43. The number of hydrogen-bond donors (Lipinski definition) is 1. The van der Waals surface area contributed by atoms with Gasteiger partial charge in [-0.05, 0) is 25.0 Å². The molecule has 1 N–H and O–H groups in total. The van der Waals surface area contributed by atoms with Crippen molar-refractivity contribution < 1.29 is 14.5 Å². The van der Waals surface area contributed by atoms with Crippen LogP contribution in [0.1, 0.15) is 31.2 Å². The summed E-state index contributed by atoms with van der Waals surface area (Å²) in [4.78, 5) is 21.3. The summed E-state index contributed by atoms with van der Waals surface area (Å²) in [6.07, 6.45) is 2.72. The van der Waals surface area contributed by atoms with Gasteiger partial charge in [0.2, 0.25) is 0 Å². The number of carbonyl (C=O) groups is 1. The maximum absolute atomic E-state index is 10.9. The number of nitriles is 1. The normalized spacial score (nSPS) is 9.71. The lowest BCUT2D eigenvalue weighted by Gasteiger charge is -2.07. The van der Waals surface area contributed by atoms with E-state index in [4.69, 9.17) is 5.26 Å². The number of benzene rings is 1. The van der Waals surface area contributed by atoms with Crippen molar-refractivity contribution in [1.29, 1.82) is 5.26 Å². The molecule has 0 amide bonds. The van der Waals surface area contributed by atoms with E-state index in [1.807, 2.05) is 6.07 Å². The number of rotatable bonds is 8. The van der Waals surface area contributed by atoms with Gasteiger partial charge in [0.05, 0.1) is 23.7 Å². The summed E-state index contributed by atoms with van der Waals surface area (Å²) in [7, 11) is 1.36. The Morgan fingerprint density at radius 2 is 2.19 bits per heavy atom. The maximum Gasteiger partial charge on any atom is 0.305 e. The predicted molar refractivity (Wildman–Crippen MR) is 76.8 cm³/mol. The van der Waals surface area contributed by atoms with Crippen molar-refractivity contribution in [1.82, 2.24) is 0 Å². The van der Waals surface area contributed by atoms with Crippen LogP contribution in [0.25, 0.3) is 0 Å². The van der Waals surface area contributed by atoms with Crippen LogP contribution < -0.4 is 5.32 Å². The largest absolute Gasteiger partial charge is 0.469 e. The molecule has 0 unspecified atom stereocenters. The van der Waals surface area contributed by atoms with Gasteiger partial charge in [0, 0.05) is 19.0 Å². The van der Waals surface area contributed by atoms with E-state index < -0.39 is 4.92 Å². The van der Waals surface area contributed by atoms with Crippen molar-refractivity contribution in [3.8, 4) is 6.07 Å². The number of unbranched alkanes of at least 4 members (excludes halogenated alkanes) is 2. The van der Waals surface area contributed by atoms with Crippen LogP contribution in [0, 0.1) is 21.4 Å². The van der Waals surface area contributed by atoms with E-state index in [1.165, 1.54) is 25.3 Å². The number of nitro benzene ring substituents is 1. The van der Waals surface area contributed by atoms with Crippen LogP contribution in [0.15, 0.2) is 18.2 Å². The topological polar surface area (TPSA) is 105 Å². The van der Waals surface area contributed by atoms with Crippen LogP contribution in [0.3, 0.4) is 0 Å². The standard InChI is InChI=1S/C14H17N3O4/c1-21-14(18)5-3-2-4-8-16-12-7-6-11(10-15)9-13(12)17(19)20/h6-7,9,16H,2-5,8H2,1H3. The van der Waals surface area contributed by atoms with E-state index in [2.05, 4.69) is 10.1 Å². The number of esters is 1. The molecule has 0 aliphatic heterocycles. The summed E-state index contributed by atoms with van der Waals surface area (Å²) < 4.78 is 4.53.